The van der Waals surface area contributed by atoms with E-state index in [9.17, 15) is 9.90 Å². The summed E-state index contributed by atoms with van der Waals surface area (Å²) in [4.78, 5) is 27.8. The minimum absolute atomic E-state index is 0.0184. The minimum atomic E-state index is 0.0184. The number of carbonyl (C=O) groups is 1. The molecule has 8 heteroatoms. The highest BCUT2D eigenvalue weighted by Crippen LogP contribution is 2.31. The summed E-state index contributed by atoms with van der Waals surface area (Å²) in [6.07, 6.45) is 9.49. The molecule has 3 aromatic rings. The van der Waals surface area contributed by atoms with Crippen LogP contribution in [0.4, 0.5) is 11.6 Å². The number of carbonyl (C=O) groups excluding carboxylic acids is 1. The van der Waals surface area contributed by atoms with E-state index in [0.29, 0.717) is 29.9 Å². The minimum Gasteiger partial charge on any atom is -0.395 e. The maximum absolute atomic E-state index is 12.2. The number of aromatic nitrogens is 3. The van der Waals surface area contributed by atoms with Crippen LogP contribution in [-0.2, 0) is 11.3 Å². The van der Waals surface area contributed by atoms with Crippen molar-refractivity contribution < 1.29 is 9.90 Å². The summed E-state index contributed by atoms with van der Waals surface area (Å²) < 4.78 is 0. The molecule has 0 aliphatic heterocycles. The lowest BCUT2D eigenvalue weighted by molar-refractivity contribution is -0.117. The average Bonchev–Trinajstić information content (AvgIpc) is 3.75. The summed E-state index contributed by atoms with van der Waals surface area (Å²) in [7, 11) is 1.81. The summed E-state index contributed by atoms with van der Waals surface area (Å²) in [5, 5.41) is 17.1. The first-order chi connectivity index (χ1) is 16.6. The maximum Gasteiger partial charge on any atom is 0.228 e. The van der Waals surface area contributed by atoms with Crippen molar-refractivity contribution in [1.82, 2.24) is 19.9 Å². The molecule has 2 saturated carbocycles. The van der Waals surface area contributed by atoms with Gasteiger partial charge in [0.15, 0.2) is 0 Å². The number of hydrogen-bond donors (Lipinski definition) is 3. The fourth-order valence-electron chi connectivity index (χ4n) is 4.04. The van der Waals surface area contributed by atoms with Crippen LogP contribution in [0, 0.1) is 17.8 Å². The zero-order valence-corrected chi connectivity index (χ0v) is 19.2. The fraction of sp³-hybridized carbons (Fsp3) is 0.385. The van der Waals surface area contributed by atoms with E-state index >= 15 is 0 Å². The van der Waals surface area contributed by atoms with Crippen molar-refractivity contribution in [3.8, 4) is 11.8 Å². The quantitative estimate of drug-likeness (QED) is 0.448. The Labute approximate surface area is 198 Å². The summed E-state index contributed by atoms with van der Waals surface area (Å²) in [6.45, 7) is 1.62. The van der Waals surface area contributed by atoms with E-state index < -0.39 is 0 Å². The van der Waals surface area contributed by atoms with Gasteiger partial charge in [-0.25, -0.2) is 15.0 Å². The Morgan fingerprint density at radius 2 is 1.97 bits per heavy atom. The first-order valence-electron chi connectivity index (χ1n) is 11.7. The van der Waals surface area contributed by atoms with Crippen LogP contribution in [0.15, 0.2) is 36.8 Å². The Morgan fingerprint density at radius 3 is 2.71 bits per heavy atom. The van der Waals surface area contributed by atoms with Crippen molar-refractivity contribution in [2.45, 2.75) is 38.3 Å². The van der Waals surface area contributed by atoms with Gasteiger partial charge in [0.2, 0.25) is 5.91 Å². The zero-order valence-electron chi connectivity index (χ0n) is 19.2. The smallest absolute Gasteiger partial charge is 0.228 e. The van der Waals surface area contributed by atoms with Gasteiger partial charge in [-0.1, -0.05) is 5.92 Å². The summed E-state index contributed by atoms with van der Waals surface area (Å²) in [5.41, 5.74) is 2.55. The third-order valence-corrected chi connectivity index (χ3v) is 6.19. The Hall–Kier alpha value is -3.54. The van der Waals surface area contributed by atoms with Gasteiger partial charge in [-0.3, -0.25) is 9.69 Å². The van der Waals surface area contributed by atoms with Crippen LogP contribution in [-0.4, -0.2) is 57.1 Å². The standard InChI is InChI=1S/C26H28N6O2/c1-27-25-23-15-29-24(31-26(34)18-2-3-18)13-22(23)19(14-30-25)4-5-20-12-17(8-9-28-20)16-32(10-11-33)21-6-7-21/h8-9,12-15,18,21,33H,2-3,6-7,10-11,16H2,1H3,(H,27,30)(H,29,31,34). The Morgan fingerprint density at radius 1 is 1.12 bits per heavy atom. The molecule has 5 rings (SSSR count). The van der Waals surface area contributed by atoms with Crippen LogP contribution in [0.25, 0.3) is 10.8 Å². The number of aliphatic hydroxyl groups is 1. The second-order valence-corrected chi connectivity index (χ2v) is 8.87. The number of hydrogen-bond acceptors (Lipinski definition) is 7. The average molecular weight is 457 g/mol. The molecule has 8 nitrogen and oxygen atoms in total. The molecule has 34 heavy (non-hydrogen) atoms. The van der Waals surface area contributed by atoms with Gasteiger partial charge in [0, 0.05) is 61.5 Å². The van der Waals surface area contributed by atoms with Gasteiger partial charge in [0.05, 0.1) is 12.2 Å². The first-order valence-corrected chi connectivity index (χ1v) is 11.7. The van der Waals surface area contributed by atoms with Gasteiger partial charge in [-0.15, -0.1) is 0 Å². The predicted octanol–water partition coefficient (Wildman–Crippen LogP) is 2.77. The van der Waals surface area contributed by atoms with E-state index in [1.807, 2.05) is 25.2 Å². The number of fused-ring (bicyclic) bond motifs is 1. The Bertz CT molecular complexity index is 1270. The van der Waals surface area contributed by atoms with Crippen LogP contribution in [0.1, 0.15) is 42.5 Å². The SMILES string of the molecule is CNc1ncc(C#Cc2cc(CN(CCO)C3CC3)ccn2)c2cc(NC(=O)C3CC3)ncc12. The van der Waals surface area contributed by atoms with E-state index in [-0.39, 0.29) is 18.4 Å². The lowest BCUT2D eigenvalue weighted by atomic mass is 10.1. The molecule has 1 amide bonds. The summed E-state index contributed by atoms with van der Waals surface area (Å²) in [5.74, 6) is 7.74. The van der Waals surface area contributed by atoms with E-state index in [1.165, 1.54) is 12.8 Å². The molecule has 2 fully saturated rings. The molecule has 0 unspecified atom stereocenters. The van der Waals surface area contributed by atoms with Crippen molar-refractivity contribution in [3.63, 3.8) is 0 Å². The third kappa shape index (κ3) is 5.16. The summed E-state index contributed by atoms with van der Waals surface area (Å²) >= 11 is 0. The molecule has 174 valence electrons. The second-order valence-electron chi connectivity index (χ2n) is 8.87. The number of pyridine rings is 3. The number of nitrogens with one attached hydrogen (secondary N) is 2. The monoisotopic (exact) mass is 456 g/mol. The van der Waals surface area contributed by atoms with Gasteiger partial charge in [-0.2, -0.15) is 0 Å². The molecule has 2 aliphatic rings. The third-order valence-electron chi connectivity index (χ3n) is 6.19. The zero-order chi connectivity index (χ0) is 23.5. The van der Waals surface area contributed by atoms with Crippen LogP contribution >= 0.6 is 0 Å². The van der Waals surface area contributed by atoms with E-state index in [0.717, 1.165) is 41.3 Å². The van der Waals surface area contributed by atoms with Crippen molar-refractivity contribution in [1.29, 1.82) is 0 Å². The lowest BCUT2D eigenvalue weighted by Gasteiger charge is -2.20. The molecule has 0 bridgehead atoms. The van der Waals surface area contributed by atoms with Crippen LogP contribution < -0.4 is 10.6 Å². The Balaban J connectivity index is 1.42. The molecular weight excluding hydrogens is 428 g/mol. The van der Waals surface area contributed by atoms with E-state index in [1.54, 1.807) is 18.6 Å². The molecule has 0 spiro atoms. The van der Waals surface area contributed by atoms with E-state index in [4.69, 9.17) is 0 Å². The second kappa shape index (κ2) is 9.75. The lowest BCUT2D eigenvalue weighted by Crippen LogP contribution is -2.28. The topological polar surface area (TPSA) is 103 Å². The van der Waals surface area contributed by atoms with Crippen molar-refractivity contribution >= 4 is 28.3 Å². The molecule has 0 atom stereocenters. The normalized spacial score (nSPS) is 15.1. The van der Waals surface area contributed by atoms with Crippen LogP contribution in [0.5, 0.6) is 0 Å². The summed E-state index contributed by atoms with van der Waals surface area (Å²) in [6, 6.07) is 6.42. The van der Waals surface area contributed by atoms with Gasteiger partial charge in [0.25, 0.3) is 0 Å². The maximum atomic E-state index is 12.2. The Kier molecular flexibility index (Phi) is 6.39. The number of rotatable bonds is 8. The van der Waals surface area contributed by atoms with Crippen molar-refractivity contribution in [2.24, 2.45) is 5.92 Å². The van der Waals surface area contributed by atoms with Gasteiger partial charge >= 0.3 is 0 Å². The molecule has 0 aromatic carbocycles. The van der Waals surface area contributed by atoms with E-state index in [2.05, 4.69) is 42.3 Å². The van der Waals surface area contributed by atoms with Gasteiger partial charge in [-0.05, 0) is 55.4 Å². The molecule has 3 aromatic heterocycles. The highest BCUT2D eigenvalue weighted by Gasteiger charge is 2.30. The van der Waals surface area contributed by atoms with Crippen molar-refractivity contribution in [2.75, 3.05) is 30.8 Å². The molecule has 0 saturated heterocycles. The first kappa shape index (κ1) is 22.3. The van der Waals surface area contributed by atoms with Crippen LogP contribution in [0.3, 0.4) is 0 Å². The molecular formula is C26H28N6O2. The fourth-order valence-corrected chi connectivity index (χ4v) is 4.04. The van der Waals surface area contributed by atoms with Crippen LogP contribution in [0.2, 0.25) is 0 Å². The molecule has 3 N–H and O–H groups in total. The molecule has 2 aliphatic carbocycles. The molecule has 0 radical (unpaired) electrons. The highest BCUT2D eigenvalue weighted by molar-refractivity contribution is 5.99. The van der Waals surface area contributed by atoms with Crippen molar-refractivity contribution in [3.05, 3.63) is 53.6 Å². The predicted molar refractivity (Wildman–Crippen MR) is 131 cm³/mol. The van der Waals surface area contributed by atoms with Gasteiger partial charge < -0.3 is 15.7 Å². The largest absolute Gasteiger partial charge is 0.395 e. The number of nitrogens with zero attached hydrogens (tertiary/aromatic N) is 4. The number of anilines is 2. The number of amides is 1. The van der Waals surface area contributed by atoms with Gasteiger partial charge in [0.1, 0.15) is 17.3 Å². The highest BCUT2D eigenvalue weighted by atomic mass is 16.3. The number of aliphatic hydroxyl groups excluding tert-OH is 1. The molecule has 3 heterocycles.